The molecule has 0 saturated carbocycles. The molecule has 1 unspecified atom stereocenters. The second kappa shape index (κ2) is 7.67. The summed E-state index contributed by atoms with van der Waals surface area (Å²) in [5, 5.41) is 9.10. The average Bonchev–Trinajstić information content (AvgIpc) is 2.38. The third kappa shape index (κ3) is 4.81. The van der Waals surface area contributed by atoms with Crippen molar-refractivity contribution in [2.24, 2.45) is 5.92 Å². The Hall–Kier alpha value is -1.71. The zero-order chi connectivity index (χ0) is 14.3. The van der Waals surface area contributed by atoms with Gasteiger partial charge >= 0.3 is 5.97 Å². The molecule has 0 amide bonds. The van der Waals surface area contributed by atoms with Gasteiger partial charge in [-0.25, -0.2) is 4.79 Å². The molecule has 0 radical (unpaired) electrons. The largest absolute Gasteiger partial charge is 0.492 e. The molecule has 0 fully saturated rings. The van der Waals surface area contributed by atoms with Crippen LogP contribution in [0.15, 0.2) is 18.2 Å². The number of ether oxygens (including phenoxy) is 1. The second-order valence-corrected chi connectivity index (χ2v) is 4.79. The van der Waals surface area contributed by atoms with Crippen molar-refractivity contribution in [3.8, 4) is 5.75 Å². The summed E-state index contributed by atoms with van der Waals surface area (Å²) < 4.78 is 5.67. The minimum atomic E-state index is -0.989. The van der Waals surface area contributed by atoms with Gasteiger partial charge in [-0.2, -0.15) is 0 Å². The van der Waals surface area contributed by atoms with Crippen LogP contribution in [-0.4, -0.2) is 17.7 Å². The van der Waals surface area contributed by atoms with E-state index in [2.05, 4.69) is 13.8 Å². The van der Waals surface area contributed by atoms with Crippen molar-refractivity contribution in [3.05, 3.63) is 23.8 Å². The van der Waals surface area contributed by atoms with Crippen LogP contribution in [0.25, 0.3) is 0 Å². The Bertz CT molecular complexity index is 418. The zero-order valence-corrected chi connectivity index (χ0v) is 11.7. The molecule has 1 atom stereocenters. The average molecular weight is 265 g/mol. The molecule has 1 rings (SSSR count). The lowest BCUT2D eigenvalue weighted by Gasteiger charge is -2.17. The fourth-order valence-corrected chi connectivity index (χ4v) is 1.94. The molecule has 0 saturated heterocycles. The van der Waals surface area contributed by atoms with Crippen molar-refractivity contribution in [1.29, 1.82) is 0 Å². The molecule has 0 aromatic heterocycles. The predicted octanol–water partition coefficient (Wildman–Crippen LogP) is 3.56. The second-order valence-electron chi connectivity index (χ2n) is 4.79. The molecule has 0 aliphatic carbocycles. The molecule has 0 aliphatic rings. The monoisotopic (exact) mass is 265 g/mol. The highest BCUT2D eigenvalue weighted by Gasteiger charge is 2.13. The van der Waals surface area contributed by atoms with Crippen molar-refractivity contribution in [1.82, 2.24) is 0 Å². The van der Waals surface area contributed by atoms with E-state index in [9.17, 15) is 4.79 Å². The Labute approximate surface area is 114 Å². The molecule has 4 heteroatoms. The molecule has 3 N–H and O–H groups in total. The predicted molar refractivity (Wildman–Crippen MR) is 76.6 cm³/mol. The molecule has 0 aliphatic heterocycles. The fraction of sp³-hybridized carbons (Fsp3) is 0.533. The van der Waals surface area contributed by atoms with E-state index in [0.717, 1.165) is 19.3 Å². The number of unbranched alkanes of at least 4 members (excludes halogenated alkanes) is 1. The normalized spacial score (nSPS) is 12.1. The first-order chi connectivity index (χ1) is 9.08. The van der Waals surface area contributed by atoms with E-state index in [1.807, 2.05) is 0 Å². The van der Waals surface area contributed by atoms with E-state index in [0.29, 0.717) is 24.0 Å². The van der Waals surface area contributed by atoms with Crippen LogP contribution < -0.4 is 10.5 Å². The molecule has 4 nitrogen and oxygen atoms in total. The first-order valence-corrected chi connectivity index (χ1v) is 6.84. The summed E-state index contributed by atoms with van der Waals surface area (Å²) >= 11 is 0. The Morgan fingerprint density at radius 3 is 2.74 bits per heavy atom. The minimum Gasteiger partial charge on any atom is -0.492 e. The zero-order valence-electron chi connectivity index (χ0n) is 11.7. The van der Waals surface area contributed by atoms with Crippen LogP contribution in [0.3, 0.4) is 0 Å². The standard InChI is InChI=1S/C15H23NO3/c1-3-5-6-11(4-2)10-19-14-9-12(16)7-8-13(14)15(17)18/h7-9,11H,3-6,10,16H2,1-2H3,(H,17,18). The van der Waals surface area contributed by atoms with E-state index >= 15 is 0 Å². The number of anilines is 1. The van der Waals surface area contributed by atoms with Crippen LogP contribution in [0.1, 0.15) is 49.9 Å². The van der Waals surface area contributed by atoms with Gasteiger partial charge in [0, 0.05) is 11.8 Å². The molecule has 0 heterocycles. The first-order valence-electron chi connectivity index (χ1n) is 6.84. The number of nitrogens with two attached hydrogens (primary N) is 1. The van der Waals surface area contributed by atoms with E-state index in [1.165, 1.54) is 12.5 Å². The van der Waals surface area contributed by atoms with Gasteiger partial charge < -0.3 is 15.6 Å². The fourth-order valence-electron chi connectivity index (χ4n) is 1.94. The highest BCUT2D eigenvalue weighted by atomic mass is 16.5. The minimum absolute atomic E-state index is 0.166. The van der Waals surface area contributed by atoms with Crippen LogP contribution in [0, 0.1) is 5.92 Å². The van der Waals surface area contributed by atoms with Gasteiger partial charge in [-0.3, -0.25) is 0 Å². The number of nitrogen functional groups attached to an aromatic ring is 1. The molecular formula is C15H23NO3. The number of rotatable bonds is 8. The molecule has 106 valence electrons. The molecule has 1 aromatic rings. The lowest BCUT2D eigenvalue weighted by Crippen LogP contribution is -2.13. The summed E-state index contributed by atoms with van der Waals surface area (Å²) in [5.74, 6) is -0.165. The van der Waals surface area contributed by atoms with Crippen LogP contribution in [0.5, 0.6) is 5.75 Å². The summed E-state index contributed by atoms with van der Waals surface area (Å²) in [7, 11) is 0. The number of hydrogen-bond acceptors (Lipinski definition) is 3. The highest BCUT2D eigenvalue weighted by Crippen LogP contribution is 2.23. The first kappa shape index (κ1) is 15.3. The number of benzene rings is 1. The van der Waals surface area contributed by atoms with Gasteiger partial charge in [0.1, 0.15) is 11.3 Å². The quantitative estimate of drug-likeness (QED) is 0.705. The smallest absolute Gasteiger partial charge is 0.339 e. The highest BCUT2D eigenvalue weighted by molar-refractivity contribution is 5.91. The van der Waals surface area contributed by atoms with Crippen LogP contribution in [0.2, 0.25) is 0 Å². The van der Waals surface area contributed by atoms with Gasteiger partial charge in [0.25, 0.3) is 0 Å². The molecular weight excluding hydrogens is 242 g/mol. The number of carbonyl (C=O) groups is 1. The summed E-state index contributed by atoms with van der Waals surface area (Å²) in [6.07, 6.45) is 4.47. The summed E-state index contributed by atoms with van der Waals surface area (Å²) in [4.78, 5) is 11.1. The Balaban J connectivity index is 2.70. The van der Waals surface area contributed by atoms with Crippen molar-refractivity contribution < 1.29 is 14.6 Å². The van der Waals surface area contributed by atoms with E-state index < -0.39 is 5.97 Å². The van der Waals surface area contributed by atoms with Crippen LogP contribution >= 0.6 is 0 Å². The van der Waals surface area contributed by atoms with Gasteiger partial charge in [-0.1, -0.05) is 33.1 Å². The van der Waals surface area contributed by atoms with E-state index in [-0.39, 0.29) is 5.56 Å². The maximum absolute atomic E-state index is 11.1. The van der Waals surface area contributed by atoms with Crippen LogP contribution in [0.4, 0.5) is 5.69 Å². The molecule has 19 heavy (non-hydrogen) atoms. The van der Waals surface area contributed by atoms with Gasteiger partial charge in [0.2, 0.25) is 0 Å². The van der Waals surface area contributed by atoms with Crippen molar-refractivity contribution in [2.75, 3.05) is 12.3 Å². The Kier molecular flexibility index (Phi) is 6.19. The Morgan fingerprint density at radius 2 is 2.16 bits per heavy atom. The van der Waals surface area contributed by atoms with E-state index in [4.69, 9.17) is 15.6 Å². The van der Waals surface area contributed by atoms with Crippen molar-refractivity contribution in [2.45, 2.75) is 39.5 Å². The maximum atomic E-state index is 11.1. The van der Waals surface area contributed by atoms with Crippen molar-refractivity contribution >= 4 is 11.7 Å². The van der Waals surface area contributed by atoms with Gasteiger partial charge in [-0.05, 0) is 24.5 Å². The number of carboxylic acids is 1. The molecule has 1 aromatic carbocycles. The number of aromatic carboxylic acids is 1. The molecule has 0 spiro atoms. The SMILES string of the molecule is CCCCC(CC)COc1cc(N)ccc1C(=O)O. The number of carboxylic acid groups (broad SMARTS) is 1. The Morgan fingerprint density at radius 1 is 1.42 bits per heavy atom. The van der Waals surface area contributed by atoms with Gasteiger partial charge in [-0.15, -0.1) is 0 Å². The van der Waals surface area contributed by atoms with E-state index in [1.54, 1.807) is 12.1 Å². The summed E-state index contributed by atoms with van der Waals surface area (Å²) in [6.45, 7) is 4.83. The van der Waals surface area contributed by atoms with Crippen LogP contribution in [-0.2, 0) is 0 Å². The summed E-state index contributed by atoms with van der Waals surface area (Å²) in [5.41, 5.74) is 6.36. The van der Waals surface area contributed by atoms with Gasteiger partial charge in [0.15, 0.2) is 0 Å². The maximum Gasteiger partial charge on any atom is 0.339 e. The lowest BCUT2D eigenvalue weighted by molar-refractivity contribution is 0.0691. The topological polar surface area (TPSA) is 72.5 Å². The molecule has 0 bridgehead atoms. The van der Waals surface area contributed by atoms with Gasteiger partial charge in [0.05, 0.1) is 6.61 Å². The summed E-state index contributed by atoms with van der Waals surface area (Å²) in [6, 6.07) is 4.64. The van der Waals surface area contributed by atoms with Crippen molar-refractivity contribution in [3.63, 3.8) is 0 Å². The third-order valence-corrected chi connectivity index (χ3v) is 3.25. The number of hydrogen-bond donors (Lipinski definition) is 2. The lowest BCUT2D eigenvalue weighted by atomic mass is 10.0. The third-order valence-electron chi connectivity index (χ3n) is 3.25.